The van der Waals surface area contributed by atoms with Crippen LogP contribution < -0.4 is 4.74 Å². The molecule has 0 saturated heterocycles. The number of rotatable bonds is 8. The zero-order valence-electron chi connectivity index (χ0n) is 26.6. The molecule has 5 heteroatoms. The predicted octanol–water partition coefficient (Wildman–Crippen LogP) is 10.2. The Hall–Kier alpha value is -5.16. The zero-order chi connectivity index (χ0) is 31.1. The third-order valence-corrected chi connectivity index (χ3v) is 8.47. The van der Waals surface area contributed by atoms with Gasteiger partial charge < -0.3 is 4.74 Å². The van der Waals surface area contributed by atoms with E-state index in [1.165, 1.54) is 33.2 Å². The van der Waals surface area contributed by atoms with Crippen molar-refractivity contribution in [3.63, 3.8) is 0 Å². The second-order valence-corrected chi connectivity index (χ2v) is 12.4. The van der Waals surface area contributed by atoms with Crippen LogP contribution in [0.2, 0.25) is 0 Å². The zero-order valence-corrected chi connectivity index (χ0v) is 26.6. The molecule has 5 nitrogen and oxygen atoms in total. The molecule has 0 aliphatic carbocycles. The van der Waals surface area contributed by atoms with E-state index in [1.807, 2.05) is 47.4 Å². The normalized spacial score (nSPS) is 11.6. The van der Waals surface area contributed by atoms with Crippen molar-refractivity contribution in [2.24, 2.45) is 5.92 Å². The first-order valence-corrected chi connectivity index (χ1v) is 15.8. The first kappa shape index (κ1) is 28.6. The van der Waals surface area contributed by atoms with E-state index in [0.717, 1.165) is 57.8 Å². The fraction of sp³-hybridized carbons (Fsp3) is 0.200. The second kappa shape index (κ2) is 11.7. The van der Waals surface area contributed by atoms with Crippen molar-refractivity contribution >= 4 is 21.8 Å². The van der Waals surface area contributed by atoms with Gasteiger partial charge in [-0.15, -0.1) is 0 Å². The summed E-state index contributed by atoms with van der Waals surface area (Å²) < 4.78 is 10.6. The molecule has 4 aromatic carbocycles. The molecule has 3 heterocycles. The Morgan fingerprint density at radius 3 is 2.44 bits per heavy atom. The van der Waals surface area contributed by atoms with Crippen molar-refractivity contribution in [2.45, 2.75) is 47.5 Å². The van der Waals surface area contributed by atoms with E-state index >= 15 is 0 Å². The average Bonchev–Trinajstić information content (AvgIpc) is 3.63. The Morgan fingerprint density at radius 1 is 0.800 bits per heavy atom. The molecule has 7 rings (SSSR count). The van der Waals surface area contributed by atoms with E-state index in [9.17, 15) is 0 Å². The van der Waals surface area contributed by atoms with Crippen LogP contribution in [0.15, 0.2) is 110 Å². The van der Waals surface area contributed by atoms with Crippen LogP contribution in [0.1, 0.15) is 43.0 Å². The molecule has 0 N–H and O–H groups in total. The van der Waals surface area contributed by atoms with Crippen molar-refractivity contribution in [1.82, 2.24) is 19.3 Å². The fourth-order valence-electron chi connectivity index (χ4n) is 6.54. The quantitative estimate of drug-likeness (QED) is 0.177. The van der Waals surface area contributed by atoms with E-state index in [2.05, 4.69) is 106 Å². The van der Waals surface area contributed by atoms with Gasteiger partial charge in [0.15, 0.2) is 0 Å². The number of aryl methyl sites for hydroxylation is 3. The van der Waals surface area contributed by atoms with Gasteiger partial charge in [-0.2, -0.15) is 5.10 Å². The highest BCUT2D eigenvalue weighted by Crippen LogP contribution is 2.36. The second-order valence-electron chi connectivity index (χ2n) is 12.4. The third-order valence-electron chi connectivity index (χ3n) is 8.47. The Bertz CT molecular complexity index is 2170. The molecule has 0 radical (unpaired) electrons. The number of pyridine rings is 1. The lowest BCUT2D eigenvalue weighted by molar-refractivity contribution is 0.483. The van der Waals surface area contributed by atoms with Crippen LogP contribution in [0.25, 0.3) is 44.4 Å². The van der Waals surface area contributed by atoms with Crippen LogP contribution in [0, 0.1) is 19.8 Å². The first-order chi connectivity index (χ1) is 21.9. The Balaban J connectivity index is 1.22. The van der Waals surface area contributed by atoms with E-state index in [4.69, 9.17) is 14.8 Å². The number of ether oxygens (including phenoxy) is 1. The van der Waals surface area contributed by atoms with Crippen LogP contribution in [-0.2, 0) is 12.8 Å². The van der Waals surface area contributed by atoms with Gasteiger partial charge in [0, 0.05) is 40.9 Å². The van der Waals surface area contributed by atoms with Gasteiger partial charge in [0.2, 0.25) is 0 Å². The minimum absolute atomic E-state index is 0.634. The number of fused-ring (bicyclic) bond motifs is 3. The molecule has 0 bridgehead atoms. The van der Waals surface area contributed by atoms with Crippen molar-refractivity contribution in [1.29, 1.82) is 0 Å². The van der Waals surface area contributed by atoms with Crippen molar-refractivity contribution in [3.05, 3.63) is 132 Å². The minimum atomic E-state index is 0.634. The minimum Gasteiger partial charge on any atom is -0.457 e. The molecule has 0 amide bonds. The van der Waals surface area contributed by atoms with Gasteiger partial charge in [-0.1, -0.05) is 57.2 Å². The van der Waals surface area contributed by atoms with Gasteiger partial charge in [-0.3, -0.25) is 4.57 Å². The predicted molar refractivity (Wildman–Crippen MR) is 185 cm³/mol. The number of aromatic nitrogens is 4. The maximum atomic E-state index is 6.48. The lowest BCUT2D eigenvalue weighted by Crippen LogP contribution is -1.99. The molecule has 224 valence electrons. The van der Waals surface area contributed by atoms with Crippen LogP contribution in [0.5, 0.6) is 11.5 Å². The number of benzene rings is 4. The van der Waals surface area contributed by atoms with Gasteiger partial charge in [-0.05, 0) is 103 Å². The average molecular weight is 591 g/mol. The molecule has 0 unspecified atom stereocenters. The maximum absolute atomic E-state index is 6.48. The van der Waals surface area contributed by atoms with Crippen LogP contribution in [0.4, 0.5) is 0 Å². The molecule has 0 fully saturated rings. The summed E-state index contributed by atoms with van der Waals surface area (Å²) in [5.74, 6) is 3.05. The Kier molecular flexibility index (Phi) is 7.46. The van der Waals surface area contributed by atoms with Crippen molar-refractivity contribution in [2.75, 3.05) is 0 Å². The lowest BCUT2D eigenvalue weighted by Gasteiger charge is -2.14. The summed E-state index contributed by atoms with van der Waals surface area (Å²) in [5.41, 5.74) is 10.8. The van der Waals surface area contributed by atoms with Gasteiger partial charge >= 0.3 is 0 Å². The lowest BCUT2D eigenvalue weighted by atomic mass is 9.90. The number of hydrogen-bond donors (Lipinski definition) is 0. The molecule has 3 aromatic heterocycles. The Morgan fingerprint density at radius 2 is 1.62 bits per heavy atom. The fourth-order valence-corrected chi connectivity index (χ4v) is 6.54. The molecule has 0 saturated carbocycles. The molecule has 7 aromatic rings. The van der Waals surface area contributed by atoms with Crippen LogP contribution >= 0.6 is 0 Å². The van der Waals surface area contributed by atoms with E-state index in [0.29, 0.717) is 5.92 Å². The molecular weight excluding hydrogens is 552 g/mol. The van der Waals surface area contributed by atoms with Crippen molar-refractivity contribution in [3.8, 4) is 34.1 Å². The SMILES string of the molecule is CCc1cc(CC(C)C)cc(C)c1-c1cnn(-c2cccc(Oc3ccc4c5ccccc5n(-c5cc(C)ccn5)c4c3)c2)c1. The summed E-state index contributed by atoms with van der Waals surface area (Å²) in [6, 6.07) is 31.7. The van der Waals surface area contributed by atoms with Gasteiger partial charge in [0.25, 0.3) is 0 Å². The van der Waals surface area contributed by atoms with Crippen LogP contribution in [-0.4, -0.2) is 19.3 Å². The highest BCUT2D eigenvalue weighted by Gasteiger charge is 2.16. The molecule has 45 heavy (non-hydrogen) atoms. The van der Waals surface area contributed by atoms with Crippen molar-refractivity contribution < 1.29 is 4.74 Å². The van der Waals surface area contributed by atoms with Crippen LogP contribution in [0.3, 0.4) is 0 Å². The molecular formula is C40H38N4O. The number of para-hydroxylation sites is 1. The maximum Gasteiger partial charge on any atom is 0.137 e. The highest BCUT2D eigenvalue weighted by molar-refractivity contribution is 6.09. The van der Waals surface area contributed by atoms with E-state index < -0.39 is 0 Å². The third kappa shape index (κ3) is 5.51. The first-order valence-electron chi connectivity index (χ1n) is 15.8. The molecule has 0 aliphatic heterocycles. The van der Waals surface area contributed by atoms with Gasteiger partial charge in [-0.25, -0.2) is 9.67 Å². The topological polar surface area (TPSA) is 44.9 Å². The summed E-state index contributed by atoms with van der Waals surface area (Å²) in [6.07, 6.45) is 8.05. The smallest absolute Gasteiger partial charge is 0.137 e. The monoisotopic (exact) mass is 590 g/mol. The van der Waals surface area contributed by atoms with Gasteiger partial charge in [0.1, 0.15) is 17.3 Å². The Labute approximate surface area is 264 Å². The summed E-state index contributed by atoms with van der Waals surface area (Å²) >= 11 is 0. The summed E-state index contributed by atoms with van der Waals surface area (Å²) in [4.78, 5) is 4.71. The summed E-state index contributed by atoms with van der Waals surface area (Å²) in [5, 5.41) is 7.12. The molecule has 0 aliphatic rings. The standard InChI is InChI=1S/C40H38N4O/c1-6-30-21-29(18-26(2)3)20-28(5)40(30)31-24-42-43(25-31)32-10-9-11-33(22-32)45-34-14-15-36-35-12-7-8-13-37(35)44(38(36)23-34)39-19-27(4)16-17-41-39/h7-17,19-26H,6,18H2,1-5H3. The number of nitrogens with zero attached hydrogens (tertiary/aromatic N) is 4. The highest BCUT2D eigenvalue weighted by atomic mass is 16.5. The van der Waals surface area contributed by atoms with E-state index in [1.54, 1.807) is 0 Å². The molecule has 0 atom stereocenters. The summed E-state index contributed by atoms with van der Waals surface area (Å²) in [7, 11) is 0. The largest absolute Gasteiger partial charge is 0.457 e. The number of hydrogen-bond acceptors (Lipinski definition) is 3. The molecule has 0 spiro atoms. The van der Waals surface area contributed by atoms with Gasteiger partial charge in [0.05, 0.1) is 22.9 Å². The van der Waals surface area contributed by atoms with E-state index in [-0.39, 0.29) is 0 Å². The summed E-state index contributed by atoms with van der Waals surface area (Å²) in [6.45, 7) is 11.1.